The minimum absolute atomic E-state index is 1.19. The third kappa shape index (κ3) is 3.95. The van der Waals surface area contributed by atoms with Crippen LogP contribution in [0.2, 0.25) is 0 Å². The maximum atomic E-state index is 2.31. The second-order valence-corrected chi connectivity index (χ2v) is 3.84. The van der Waals surface area contributed by atoms with E-state index in [1.54, 1.807) is 0 Å². The van der Waals surface area contributed by atoms with Crippen molar-refractivity contribution in [3.8, 4) is 0 Å². The fraction of sp³-hybridized carbons (Fsp3) is 0.500. The highest BCUT2D eigenvalue weighted by molar-refractivity contribution is 5.27. The Morgan fingerprint density at radius 2 is 1.71 bits per heavy atom. The Kier molecular flexibility index (Phi) is 5.36. The normalized spacial score (nSPS) is 10.4. The molecule has 77 valence electrons. The van der Waals surface area contributed by atoms with Gasteiger partial charge in [0.25, 0.3) is 0 Å². The summed E-state index contributed by atoms with van der Waals surface area (Å²) in [5.41, 5.74) is 2.84. The summed E-state index contributed by atoms with van der Waals surface area (Å²) in [6, 6.07) is 9.00. The first-order valence-electron chi connectivity index (χ1n) is 5.79. The van der Waals surface area contributed by atoms with Crippen LogP contribution in [-0.2, 0) is 6.42 Å². The van der Waals surface area contributed by atoms with Crippen molar-refractivity contribution in [3.05, 3.63) is 41.8 Å². The molecule has 14 heavy (non-hydrogen) atoms. The molecule has 0 bridgehead atoms. The highest BCUT2D eigenvalue weighted by atomic mass is 14.0. The van der Waals surface area contributed by atoms with Gasteiger partial charge in [0.2, 0.25) is 0 Å². The van der Waals surface area contributed by atoms with Crippen molar-refractivity contribution >= 4 is 0 Å². The molecule has 0 nitrogen and oxygen atoms in total. The van der Waals surface area contributed by atoms with Gasteiger partial charge in [0.05, 0.1) is 0 Å². The van der Waals surface area contributed by atoms with Gasteiger partial charge in [-0.2, -0.15) is 0 Å². The van der Waals surface area contributed by atoms with Gasteiger partial charge in [-0.3, -0.25) is 0 Å². The highest BCUT2D eigenvalue weighted by Gasteiger charge is 1.94. The van der Waals surface area contributed by atoms with Crippen LogP contribution in [0.5, 0.6) is 0 Å². The van der Waals surface area contributed by atoms with Crippen molar-refractivity contribution in [2.45, 2.75) is 46.0 Å². The first kappa shape index (κ1) is 11.3. The third-order valence-electron chi connectivity index (χ3n) is 2.47. The summed E-state index contributed by atoms with van der Waals surface area (Å²) in [6.07, 6.45) is 8.54. The van der Waals surface area contributed by atoms with Crippen LogP contribution in [0.25, 0.3) is 0 Å². The van der Waals surface area contributed by atoms with E-state index < -0.39 is 0 Å². The van der Waals surface area contributed by atoms with Gasteiger partial charge in [0, 0.05) is 0 Å². The van der Waals surface area contributed by atoms with Gasteiger partial charge < -0.3 is 0 Å². The van der Waals surface area contributed by atoms with E-state index in [0.717, 1.165) is 0 Å². The Hall–Kier alpha value is -0.780. The van der Waals surface area contributed by atoms with E-state index in [1.165, 1.54) is 43.2 Å². The number of benzene rings is 1. The second kappa shape index (κ2) is 6.64. The third-order valence-corrected chi connectivity index (χ3v) is 2.47. The molecule has 0 heteroatoms. The molecular formula is C14H21. The van der Waals surface area contributed by atoms with Crippen molar-refractivity contribution < 1.29 is 0 Å². The number of unbranched alkanes of at least 4 members (excludes halogenated alkanes) is 2. The van der Waals surface area contributed by atoms with Crippen LogP contribution in [0.4, 0.5) is 0 Å². The molecule has 0 aliphatic heterocycles. The molecule has 0 atom stereocenters. The van der Waals surface area contributed by atoms with Crippen LogP contribution in [0.1, 0.15) is 50.7 Å². The standard InChI is InChI=1S/C14H21/c1-3-5-7-13-9-11-14(12-10-13)8-6-4-2/h7,9-12H,3-6,8H2,1-2H3. The number of aryl methyl sites for hydroxylation is 1. The molecule has 0 fully saturated rings. The topological polar surface area (TPSA) is 0 Å². The number of hydrogen-bond donors (Lipinski definition) is 0. The summed E-state index contributed by atoms with van der Waals surface area (Å²) in [4.78, 5) is 0. The Balaban J connectivity index is 2.42. The lowest BCUT2D eigenvalue weighted by atomic mass is 10.0. The predicted octanol–water partition coefficient (Wildman–Crippen LogP) is 4.38. The van der Waals surface area contributed by atoms with Crippen LogP contribution in [0, 0.1) is 6.42 Å². The Bertz CT molecular complexity index is 206. The average Bonchev–Trinajstić information content (AvgIpc) is 2.25. The maximum Gasteiger partial charge on any atom is -0.00932 e. The van der Waals surface area contributed by atoms with Crippen LogP contribution < -0.4 is 0 Å². The van der Waals surface area contributed by atoms with Crippen molar-refractivity contribution in [2.24, 2.45) is 0 Å². The monoisotopic (exact) mass is 189 g/mol. The summed E-state index contributed by atoms with van der Waals surface area (Å²) in [5, 5.41) is 0. The SMILES string of the molecule is CCC[CH]c1ccc(CCCC)cc1. The summed E-state index contributed by atoms with van der Waals surface area (Å²) < 4.78 is 0. The van der Waals surface area contributed by atoms with E-state index in [4.69, 9.17) is 0 Å². The van der Waals surface area contributed by atoms with Crippen molar-refractivity contribution in [2.75, 3.05) is 0 Å². The smallest absolute Gasteiger partial charge is 0.00932 e. The highest BCUT2D eigenvalue weighted by Crippen LogP contribution is 2.11. The van der Waals surface area contributed by atoms with Gasteiger partial charge in [-0.25, -0.2) is 0 Å². The molecule has 1 rings (SSSR count). The molecule has 0 aliphatic carbocycles. The van der Waals surface area contributed by atoms with Gasteiger partial charge >= 0.3 is 0 Å². The van der Waals surface area contributed by atoms with E-state index >= 15 is 0 Å². The van der Waals surface area contributed by atoms with Gasteiger partial charge in [-0.05, 0) is 36.8 Å². The molecule has 0 aromatic heterocycles. The zero-order chi connectivity index (χ0) is 10.2. The Labute approximate surface area is 88.4 Å². The Morgan fingerprint density at radius 1 is 1.00 bits per heavy atom. The molecule has 0 N–H and O–H groups in total. The lowest BCUT2D eigenvalue weighted by molar-refractivity contribution is 0.795. The fourth-order valence-corrected chi connectivity index (χ4v) is 1.51. The molecule has 1 aromatic carbocycles. The van der Waals surface area contributed by atoms with E-state index in [-0.39, 0.29) is 0 Å². The fourth-order valence-electron chi connectivity index (χ4n) is 1.51. The molecule has 1 radical (unpaired) electrons. The molecule has 0 spiro atoms. The predicted molar refractivity (Wildman–Crippen MR) is 63.4 cm³/mol. The molecular weight excluding hydrogens is 168 g/mol. The number of rotatable bonds is 6. The zero-order valence-electron chi connectivity index (χ0n) is 9.42. The minimum atomic E-state index is 1.19. The maximum absolute atomic E-state index is 2.31. The summed E-state index contributed by atoms with van der Waals surface area (Å²) in [7, 11) is 0. The molecule has 1 aromatic rings. The molecule has 0 amide bonds. The van der Waals surface area contributed by atoms with Gasteiger partial charge in [0.15, 0.2) is 0 Å². The van der Waals surface area contributed by atoms with Crippen molar-refractivity contribution in [3.63, 3.8) is 0 Å². The van der Waals surface area contributed by atoms with Crippen LogP contribution in [-0.4, -0.2) is 0 Å². The molecule has 0 aliphatic rings. The van der Waals surface area contributed by atoms with E-state index in [9.17, 15) is 0 Å². The lowest BCUT2D eigenvalue weighted by Gasteiger charge is -2.02. The molecule has 0 unspecified atom stereocenters. The van der Waals surface area contributed by atoms with Crippen LogP contribution in [0.15, 0.2) is 24.3 Å². The average molecular weight is 189 g/mol. The first-order valence-corrected chi connectivity index (χ1v) is 5.79. The van der Waals surface area contributed by atoms with E-state index in [2.05, 4.69) is 44.5 Å². The largest absolute Gasteiger partial charge is 0.0654 e. The van der Waals surface area contributed by atoms with Crippen LogP contribution >= 0.6 is 0 Å². The molecule has 0 saturated heterocycles. The Morgan fingerprint density at radius 3 is 2.29 bits per heavy atom. The number of hydrogen-bond acceptors (Lipinski definition) is 0. The van der Waals surface area contributed by atoms with Crippen molar-refractivity contribution in [1.29, 1.82) is 0 Å². The summed E-state index contributed by atoms with van der Waals surface area (Å²) in [6.45, 7) is 4.45. The summed E-state index contributed by atoms with van der Waals surface area (Å²) >= 11 is 0. The van der Waals surface area contributed by atoms with Gasteiger partial charge in [0.1, 0.15) is 0 Å². The quantitative estimate of drug-likeness (QED) is 0.623. The van der Waals surface area contributed by atoms with Gasteiger partial charge in [-0.1, -0.05) is 51.0 Å². The van der Waals surface area contributed by atoms with E-state index in [0.29, 0.717) is 0 Å². The lowest BCUT2D eigenvalue weighted by Crippen LogP contribution is -1.86. The zero-order valence-corrected chi connectivity index (χ0v) is 9.42. The van der Waals surface area contributed by atoms with Crippen molar-refractivity contribution in [1.82, 2.24) is 0 Å². The van der Waals surface area contributed by atoms with E-state index in [1.807, 2.05) is 0 Å². The first-order chi connectivity index (χ1) is 6.86. The minimum Gasteiger partial charge on any atom is -0.0654 e. The summed E-state index contributed by atoms with van der Waals surface area (Å²) in [5.74, 6) is 0. The molecule has 0 saturated carbocycles. The molecule has 0 heterocycles. The van der Waals surface area contributed by atoms with Crippen LogP contribution in [0.3, 0.4) is 0 Å². The van der Waals surface area contributed by atoms with Gasteiger partial charge in [-0.15, -0.1) is 0 Å². The second-order valence-electron chi connectivity index (χ2n) is 3.84.